The van der Waals surface area contributed by atoms with Gasteiger partial charge in [-0.05, 0) is 48.6 Å². The minimum atomic E-state index is -0.638. The summed E-state index contributed by atoms with van der Waals surface area (Å²) in [4.78, 5) is 11.6. The van der Waals surface area contributed by atoms with Gasteiger partial charge in [-0.25, -0.2) is 0 Å². The summed E-state index contributed by atoms with van der Waals surface area (Å²) in [6.45, 7) is 0.0362. The Morgan fingerprint density at radius 3 is 2.22 bits per heavy atom. The van der Waals surface area contributed by atoms with Crippen LogP contribution in [0.25, 0.3) is 0 Å². The molecule has 2 aliphatic rings. The number of aliphatic carboxylic acids is 1. The Hall–Kier alpha value is -1.35. The van der Waals surface area contributed by atoms with Gasteiger partial charge in [0.25, 0.3) is 0 Å². The van der Waals surface area contributed by atoms with E-state index in [1.807, 2.05) is 24.3 Å². The van der Waals surface area contributed by atoms with Gasteiger partial charge in [0.15, 0.2) is 0 Å². The molecule has 3 nitrogen and oxygen atoms in total. The number of rotatable bonds is 4. The highest BCUT2D eigenvalue weighted by atomic mass is 16.4. The van der Waals surface area contributed by atoms with Crippen LogP contribution in [0.1, 0.15) is 30.4 Å². The molecule has 1 aromatic rings. The zero-order valence-corrected chi connectivity index (χ0v) is 10.3. The second kappa shape index (κ2) is 4.09. The largest absolute Gasteiger partial charge is 0.481 e. The summed E-state index contributed by atoms with van der Waals surface area (Å²) in [6, 6.07) is 7.64. The Bertz CT molecular complexity index is 453. The van der Waals surface area contributed by atoms with Crippen molar-refractivity contribution in [1.82, 2.24) is 0 Å². The van der Waals surface area contributed by atoms with Crippen molar-refractivity contribution in [2.75, 3.05) is 0 Å². The van der Waals surface area contributed by atoms with Crippen molar-refractivity contribution in [3.05, 3.63) is 35.4 Å². The molecule has 3 rings (SSSR count). The average molecular weight is 246 g/mol. The number of aliphatic hydroxyl groups is 1. The monoisotopic (exact) mass is 246 g/mol. The van der Waals surface area contributed by atoms with E-state index in [2.05, 4.69) is 0 Å². The lowest BCUT2D eigenvalue weighted by atomic mass is 9.77. The lowest BCUT2D eigenvalue weighted by Crippen LogP contribution is -2.31. The zero-order chi connectivity index (χ0) is 12.8. The fraction of sp³-hybridized carbons (Fsp3) is 0.533. The lowest BCUT2D eigenvalue weighted by molar-refractivity contribution is -0.149. The molecule has 2 fully saturated rings. The molecule has 0 radical (unpaired) electrons. The highest BCUT2D eigenvalue weighted by molar-refractivity contribution is 5.76. The second-order valence-electron chi connectivity index (χ2n) is 5.90. The molecule has 1 aromatic carbocycles. The standard InChI is InChI=1S/C15H18O3/c16-9-11-3-1-10(2-4-11)6-15(14(17)18)7-12-5-13(12)8-15/h1-4,12-13,16H,5-9H2,(H,17,18). The van der Waals surface area contributed by atoms with Gasteiger partial charge in [0.2, 0.25) is 0 Å². The maximum atomic E-state index is 11.6. The van der Waals surface area contributed by atoms with Crippen molar-refractivity contribution in [2.24, 2.45) is 17.3 Å². The first-order valence-electron chi connectivity index (χ1n) is 6.55. The van der Waals surface area contributed by atoms with E-state index in [1.54, 1.807) is 0 Å². The number of carboxylic acids is 1. The van der Waals surface area contributed by atoms with E-state index in [4.69, 9.17) is 5.11 Å². The van der Waals surface area contributed by atoms with Crippen molar-refractivity contribution in [2.45, 2.75) is 32.3 Å². The van der Waals surface area contributed by atoms with Crippen LogP contribution >= 0.6 is 0 Å². The predicted octanol–water partition coefficient (Wildman–Crippen LogP) is 2.22. The minimum absolute atomic E-state index is 0.0362. The van der Waals surface area contributed by atoms with Crippen molar-refractivity contribution in [3.8, 4) is 0 Å². The molecule has 0 aromatic heterocycles. The molecule has 2 aliphatic carbocycles. The van der Waals surface area contributed by atoms with Gasteiger partial charge in [0, 0.05) is 0 Å². The minimum Gasteiger partial charge on any atom is -0.481 e. The van der Waals surface area contributed by atoms with Gasteiger partial charge in [0.05, 0.1) is 12.0 Å². The quantitative estimate of drug-likeness (QED) is 0.856. The molecule has 3 heteroatoms. The van der Waals surface area contributed by atoms with Crippen LogP contribution in [-0.4, -0.2) is 16.2 Å². The number of fused-ring (bicyclic) bond motifs is 1. The third-order valence-electron chi connectivity index (χ3n) is 4.58. The number of hydrogen-bond donors (Lipinski definition) is 2. The molecule has 0 bridgehead atoms. The summed E-state index contributed by atoms with van der Waals surface area (Å²) in [5.41, 5.74) is 1.40. The normalized spacial score (nSPS) is 33.2. The van der Waals surface area contributed by atoms with Gasteiger partial charge in [-0.3, -0.25) is 4.79 Å². The molecule has 2 saturated carbocycles. The SMILES string of the molecule is O=C(O)C1(Cc2ccc(CO)cc2)CC2CC2C1. The van der Waals surface area contributed by atoms with Gasteiger partial charge in [-0.2, -0.15) is 0 Å². The van der Waals surface area contributed by atoms with E-state index in [1.165, 1.54) is 6.42 Å². The van der Waals surface area contributed by atoms with Gasteiger partial charge in [0.1, 0.15) is 0 Å². The van der Waals surface area contributed by atoms with Crippen LogP contribution in [0, 0.1) is 17.3 Å². The molecule has 0 saturated heterocycles. The molecule has 2 atom stereocenters. The molecule has 96 valence electrons. The van der Waals surface area contributed by atoms with Crippen molar-refractivity contribution in [1.29, 1.82) is 0 Å². The van der Waals surface area contributed by atoms with E-state index in [9.17, 15) is 9.90 Å². The molecule has 2 unspecified atom stereocenters. The summed E-state index contributed by atoms with van der Waals surface area (Å²) < 4.78 is 0. The fourth-order valence-corrected chi connectivity index (χ4v) is 3.45. The number of hydrogen-bond acceptors (Lipinski definition) is 2. The number of aliphatic hydroxyl groups excluding tert-OH is 1. The predicted molar refractivity (Wildman–Crippen MR) is 67.0 cm³/mol. The summed E-state index contributed by atoms with van der Waals surface area (Å²) in [6.07, 6.45) is 3.54. The third kappa shape index (κ3) is 1.93. The van der Waals surface area contributed by atoms with Gasteiger partial charge >= 0.3 is 5.97 Å². The Kier molecular flexibility index (Phi) is 2.67. The Balaban J connectivity index is 1.78. The van der Waals surface area contributed by atoms with E-state index < -0.39 is 11.4 Å². The molecule has 0 amide bonds. The highest BCUT2D eigenvalue weighted by Crippen LogP contribution is 2.60. The molecule has 0 heterocycles. The molecule has 0 spiro atoms. The molecular formula is C15H18O3. The van der Waals surface area contributed by atoms with E-state index in [-0.39, 0.29) is 6.61 Å². The molecular weight excluding hydrogens is 228 g/mol. The van der Waals surface area contributed by atoms with Gasteiger partial charge in [-0.1, -0.05) is 24.3 Å². The second-order valence-corrected chi connectivity index (χ2v) is 5.90. The first-order valence-corrected chi connectivity index (χ1v) is 6.55. The molecule has 18 heavy (non-hydrogen) atoms. The van der Waals surface area contributed by atoms with Crippen LogP contribution in [0.15, 0.2) is 24.3 Å². The Morgan fingerprint density at radius 1 is 1.17 bits per heavy atom. The van der Waals surface area contributed by atoms with Crippen molar-refractivity contribution in [3.63, 3.8) is 0 Å². The van der Waals surface area contributed by atoms with Crippen LogP contribution in [0.4, 0.5) is 0 Å². The summed E-state index contributed by atoms with van der Waals surface area (Å²) in [5, 5.41) is 18.5. The summed E-state index contributed by atoms with van der Waals surface area (Å²) in [5.74, 6) is 0.691. The van der Waals surface area contributed by atoms with Crippen LogP contribution in [-0.2, 0) is 17.8 Å². The van der Waals surface area contributed by atoms with E-state index in [0.29, 0.717) is 18.3 Å². The topological polar surface area (TPSA) is 57.5 Å². The lowest BCUT2D eigenvalue weighted by Gasteiger charge is -2.26. The molecule has 2 N–H and O–H groups in total. The van der Waals surface area contributed by atoms with Crippen molar-refractivity contribution >= 4 is 5.97 Å². The summed E-state index contributed by atoms with van der Waals surface area (Å²) in [7, 11) is 0. The number of benzene rings is 1. The van der Waals surface area contributed by atoms with Gasteiger partial charge < -0.3 is 10.2 Å². The average Bonchev–Trinajstić information content (AvgIpc) is 2.98. The van der Waals surface area contributed by atoms with Crippen LogP contribution in [0.2, 0.25) is 0 Å². The van der Waals surface area contributed by atoms with E-state index in [0.717, 1.165) is 24.0 Å². The maximum Gasteiger partial charge on any atom is 0.309 e. The van der Waals surface area contributed by atoms with Crippen molar-refractivity contribution < 1.29 is 15.0 Å². The Labute approximate surface area is 106 Å². The highest BCUT2D eigenvalue weighted by Gasteiger charge is 2.57. The van der Waals surface area contributed by atoms with Crippen LogP contribution < -0.4 is 0 Å². The summed E-state index contributed by atoms with van der Waals surface area (Å²) >= 11 is 0. The van der Waals surface area contributed by atoms with Crippen LogP contribution in [0.3, 0.4) is 0 Å². The maximum absolute atomic E-state index is 11.6. The zero-order valence-electron chi connectivity index (χ0n) is 10.3. The first-order chi connectivity index (χ1) is 8.63. The smallest absolute Gasteiger partial charge is 0.309 e. The molecule has 0 aliphatic heterocycles. The third-order valence-corrected chi connectivity index (χ3v) is 4.58. The van der Waals surface area contributed by atoms with E-state index >= 15 is 0 Å². The Morgan fingerprint density at radius 2 is 1.72 bits per heavy atom. The van der Waals surface area contributed by atoms with Gasteiger partial charge in [-0.15, -0.1) is 0 Å². The number of carboxylic acid groups (broad SMARTS) is 1. The number of carbonyl (C=O) groups is 1. The fourth-order valence-electron chi connectivity index (χ4n) is 3.45. The first kappa shape index (κ1) is 11.7. The van der Waals surface area contributed by atoms with Crippen LogP contribution in [0.5, 0.6) is 0 Å².